The van der Waals surface area contributed by atoms with Crippen molar-refractivity contribution in [3.05, 3.63) is 35.4 Å². The van der Waals surface area contributed by atoms with Gasteiger partial charge in [0.25, 0.3) is 0 Å². The number of hydrogen-bond acceptors (Lipinski definition) is 2. The van der Waals surface area contributed by atoms with Gasteiger partial charge in [-0.15, -0.1) is 0 Å². The van der Waals surface area contributed by atoms with Crippen LogP contribution in [-0.2, 0) is 13.0 Å². The Hall–Kier alpha value is -0.860. The maximum absolute atomic E-state index is 3.24. The van der Waals surface area contributed by atoms with Crippen molar-refractivity contribution in [2.75, 3.05) is 26.7 Å². The lowest BCUT2D eigenvalue weighted by atomic mass is 9.93. The standard InChI is InChI=1S/C16H26N2/c1-16(2)9-11-18(13-16)12-15-7-5-4-6-14(15)8-10-17-3/h4-7,17H,8-13H2,1-3H3. The average molecular weight is 246 g/mol. The van der Waals surface area contributed by atoms with Crippen LogP contribution in [0.2, 0.25) is 0 Å². The summed E-state index contributed by atoms with van der Waals surface area (Å²) in [4.78, 5) is 2.60. The molecule has 0 saturated carbocycles. The number of likely N-dealkylation sites (tertiary alicyclic amines) is 1. The maximum Gasteiger partial charge on any atom is 0.0236 e. The summed E-state index contributed by atoms with van der Waals surface area (Å²) in [5.74, 6) is 0. The summed E-state index contributed by atoms with van der Waals surface area (Å²) < 4.78 is 0. The molecule has 1 saturated heterocycles. The van der Waals surface area contributed by atoms with Gasteiger partial charge in [-0.05, 0) is 49.5 Å². The van der Waals surface area contributed by atoms with Crippen molar-refractivity contribution < 1.29 is 0 Å². The third kappa shape index (κ3) is 3.56. The van der Waals surface area contributed by atoms with Gasteiger partial charge < -0.3 is 5.32 Å². The molecule has 2 heteroatoms. The van der Waals surface area contributed by atoms with E-state index in [2.05, 4.69) is 48.3 Å². The second-order valence-electron chi connectivity index (χ2n) is 6.25. The second-order valence-corrected chi connectivity index (χ2v) is 6.25. The molecule has 2 nitrogen and oxygen atoms in total. The van der Waals surface area contributed by atoms with E-state index < -0.39 is 0 Å². The van der Waals surface area contributed by atoms with Gasteiger partial charge in [-0.3, -0.25) is 4.90 Å². The SMILES string of the molecule is CNCCc1ccccc1CN1CCC(C)(C)C1. The average Bonchev–Trinajstić information content (AvgIpc) is 2.68. The quantitative estimate of drug-likeness (QED) is 0.859. The van der Waals surface area contributed by atoms with Crippen LogP contribution in [0.25, 0.3) is 0 Å². The Kier molecular flexibility index (Phi) is 4.41. The minimum atomic E-state index is 0.500. The molecular formula is C16H26N2. The summed E-state index contributed by atoms with van der Waals surface area (Å²) in [5, 5.41) is 3.24. The Morgan fingerprint density at radius 2 is 1.94 bits per heavy atom. The molecule has 1 N–H and O–H groups in total. The Bertz CT molecular complexity index is 384. The molecule has 0 aromatic heterocycles. The smallest absolute Gasteiger partial charge is 0.0236 e. The summed E-state index contributed by atoms with van der Waals surface area (Å²) in [6, 6.07) is 8.88. The third-order valence-corrected chi connectivity index (χ3v) is 3.91. The van der Waals surface area contributed by atoms with E-state index in [4.69, 9.17) is 0 Å². The van der Waals surface area contributed by atoms with Crippen LogP contribution in [0.15, 0.2) is 24.3 Å². The van der Waals surface area contributed by atoms with Gasteiger partial charge in [-0.25, -0.2) is 0 Å². The van der Waals surface area contributed by atoms with Gasteiger partial charge in [0.1, 0.15) is 0 Å². The van der Waals surface area contributed by atoms with E-state index >= 15 is 0 Å². The van der Waals surface area contributed by atoms with Gasteiger partial charge in [0, 0.05) is 13.1 Å². The van der Waals surface area contributed by atoms with Crippen molar-refractivity contribution in [2.45, 2.75) is 33.2 Å². The van der Waals surface area contributed by atoms with Gasteiger partial charge in [0.2, 0.25) is 0 Å². The van der Waals surface area contributed by atoms with Crippen molar-refractivity contribution in [3.8, 4) is 0 Å². The number of rotatable bonds is 5. The summed E-state index contributed by atoms with van der Waals surface area (Å²) in [6.07, 6.45) is 2.45. The zero-order valence-corrected chi connectivity index (χ0v) is 12.0. The molecule has 100 valence electrons. The number of nitrogens with one attached hydrogen (secondary N) is 1. The van der Waals surface area contributed by atoms with Crippen LogP contribution in [0.1, 0.15) is 31.4 Å². The number of nitrogens with zero attached hydrogens (tertiary/aromatic N) is 1. The zero-order valence-electron chi connectivity index (χ0n) is 12.0. The first-order valence-corrected chi connectivity index (χ1v) is 7.04. The van der Waals surface area contributed by atoms with E-state index in [1.165, 1.54) is 30.6 Å². The largest absolute Gasteiger partial charge is 0.319 e. The predicted octanol–water partition coefficient (Wildman–Crippen LogP) is 2.68. The first-order valence-electron chi connectivity index (χ1n) is 7.04. The maximum atomic E-state index is 3.24. The lowest BCUT2D eigenvalue weighted by Gasteiger charge is -2.21. The molecule has 1 aliphatic heterocycles. The molecule has 1 heterocycles. The minimum absolute atomic E-state index is 0.500. The van der Waals surface area contributed by atoms with E-state index in [0.29, 0.717) is 5.41 Å². The summed E-state index contributed by atoms with van der Waals surface area (Å²) in [7, 11) is 2.02. The lowest BCUT2D eigenvalue weighted by molar-refractivity contribution is 0.284. The van der Waals surface area contributed by atoms with Crippen LogP contribution < -0.4 is 5.32 Å². The van der Waals surface area contributed by atoms with E-state index in [0.717, 1.165) is 19.5 Å². The van der Waals surface area contributed by atoms with Crippen LogP contribution >= 0.6 is 0 Å². The van der Waals surface area contributed by atoms with E-state index in [9.17, 15) is 0 Å². The molecule has 18 heavy (non-hydrogen) atoms. The zero-order chi connectivity index (χ0) is 13.0. The molecule has 1 aromatic carbocycles. The number of hydrogen-bond donors (Lipinski definition) is 1. The van der Waals surface area contributed by atoms with Gasteiger partial charge in [-0.1, -0.05) is 38.1 Å². The molecule has 0 aliphatic carbocycles. The van der Waals surface area contributed by atoms with Crippen molar-refractivity contribution in [1.29, 1.82) is 0 Å². The van der Waals surface area contributed by atoms with Crippen LogP contribution in [-0.4, -0.2) is 31.6 Å². The first-order chi connectivity index (χ1) is 8.61. The van der Waals surface area contributed by atoms with Crippen LogP contribution in [0.3, 0.4) is 0 Å². The molecule has 0 radical (unpaired) electrons. The van der Waals surface area contributed by atoms with Crippen molar-refractivity contribution >= 4 is 0 Å². The van der Waals surface area contributed by atoms with E-state index in [1.54, 1.807) is 0 Å². The highest BCUT2D eigenvalue weighted by molar-refractivity contribution is 5.27. The van der Waals surface area contributed by atoms with Crippen molar-refractivity contribution in [1.82, 2.24) is 10.2 Å². The Labute approximate surface area is 111 Å². The molecule has 1 aromatic rings. The van der Waals surface area contributed by atoms with Gasteiger partial charge in [-0.2, -0.15) is 0 Å². The predicted molar refractivity (Wildman–Crippen MR) is 77.7 cm³/mol. The summed E-state index contributed by atoms with van der Waals surface area (Å²) in [5.41, 5.74) is 3.50. The molecule has 0 unspecified atom stereocenters. The number of benzene rings is 1. The second kappa shape index (κ2) is 5.85. The molecule has 2 rings (SSSR count). The highest BCUT2D eigenvalue weighted by atomic mass is 15.1. The number of likely N-dealkylation sites (N-methyl/N-ethyl adjacent to an activating group) is 1. The normalized spacial score (nSPS) is 19.3. The fourth-order valence-corrected chi connectivity index (χ4v) is 2.82. The summed E-state index contributed by atoms with van der Waals surface area (Å²) >= 11 is 0. The highest BCUT2D eigenvalue weighted by Crippen LogP contribution is 2.30. The third-order valence-electron chi connectivity index (χ3n) is 3.91. The van der Waals surface area contributed by atoms with E-state index in [1.807, 2.05) is 7.05 Å². The van der Waals surface area contributed by atoms with Crippen LogP contribution in [0.5, 0.6) is 0 Å². The van der Waals surface area contributed by atoms with Crippen molar-refractivity contribution in [3.63, 3.8) is 0 Å². The summed E-state index contributed by atoms with van der Waals surface area (Å²) in [6.45, 7) is 9.40. The minimum Gasteiger partial charge on any atom is -0.319 e. The lowest BCUT2D eigenvalue weighted by Crippen LogP contribution is -2.23. The molecule has 0 bridgehead atoms. The van der Waals surface area contributed by atoms with Crippen LogP contribution in [0.4, 0.5) is 0 Å². The van der Waals surface area contributed by atoms with Gasteiger partial charge in [0.15, 0.2) is 0 Å². The van der Waals surface area contributed by atoms with Gasteiger partial charge in [0.05, 0.1) is 0 Å². The molecule has 1 aliphatic rings. The molecule has 0 amide bonds. The Balaban J connectivity index is 2.00. The van der Waals surface area contributed by atoms with Crippen molar-refractivity contribution in [2.24, 2.45) is 5.41 Å². The topological polar surface area (TPSA) is 15.3 Å². The fourth-order valence-electron chi connectivity index (χ4n) is 2.82. The molecule has 1 fully saturated rings. The molecule has 0 atom stereocenters. The Morgan fingerprint density at radius 1 is 1.22 bits per heavy atom. The first kappa shape index (κ1) is 13.6. The monoisotopic (exact) mass is 246 g/mol. The van der Waals surface area contributed by atoms with E-state index in [-0.39, 0.29) is 0 Å². The fraction of sp³-hybridized carbons (Fsp3) is 0.625. The Morgan fingerprint density at radius 3 is 2.56 bits per heavy atom. The van der Waals surface area contributed by atoms with Crippen LogP contribution in [0, 0.1) is 5.41 Å². The molecular weight excluding hydrogens is 220 g/mol. The highest BCUT2D eigenvalue weighted by Gasteiger charge is 2.29. The molecule has 0 spiro atoms. The van der Waals surface area contributed by atoms with Gasteiger partial charge >= 0.3 is 0 Å².